The number of aliphatic carboxylic acids is 2. The van der Waals surface area contributed by atoms with Crippen LogP contribution in [0.2, 0.25) is 0 Å². The second kappa shape index (κ2) is 21.8. The van der Waals surface area contributed by atoms with Gasteiger partial charge >= 0.3 is 11.9 Å². The molecule has 0 aliphatic heterocycles. The van der Waals surface area contributed by atoms with Crippen molar-refractivity contribution in [2.45, 2.75) is 108 Å². The molecule has 19 heteroatoms. The molecule has 0 saturated heterocycles. The maximum Gasteiger partial charge on any atom is 0.325 e. The first kappa shape index (κ1) is 44.6. The van der Waals surface area contributed by atoms with Gasteiger partial charge in [-0.15, -0.1) is 0 Å². The lowest BCUT2D eigenvalue weighted by Crippen LogP contribution is -2.60. The molecule has 298 valence electrons. The third kappa shape index (κ3) is 14.8. The summed E-state index contributed by atoms with van der Waals surface area (Å²) in [5.41, 5.74) is 18.3. The first-order valence-electron chi connectivity index (χ1n) is 17.7. The minimum absolute atomic E-state index is 0.0270. The Balaban J connectivity index is 2.34. The highest BCUT2D eigenvalue weighted by molar-refractivity contribution is 5.98. The highest BCUT2D eigenvalue weighted by atomic mass is 16.4. The van der Waals surface area contributed by atoms with Gasteiger partial charge in [0.25, 0.3) is 0 Å². The number of para-hydroxylation sites is 1. The average molecular weight is 760 g/mol. The molecule has 0 bridgehead atoms. The molecule has 19 nitrogen and oxygen atoms in total. The molecule has 6 amide bonds. The zero-order chi connectivity index (χ0) is 40.5. The number of carboxylic acid groups (broad SMARTS) is 2. The molecule has 1 aromatic carbocycles. The van der Waals surface area contributed by atoms with Crippen molar-refractivity contribution < 1.29 is 48.6 Å². The number of amides is 6. The van der Waals surface area contributed by atoms with Gasteiger partial charge in [-0.1, -0.05) is 32.0 Å². The Morgan fingerprint density at radius 1 is 0.741 bits per heavy atom. The number of hydrogen-bond acceptors (Lipinski definition) is 10. The molecule has 54 heavy (non-hydrogen) atoms. The smallest absolute Gasteiger partial charge is 0.325 e. The Hall–Kier alpha value is -5.56. The number of rotatable bonds is 24. The molecule has 0 saturated carbocycles. The van der Waals surface area contributed by atoms with Gasteiger partial charge in [-0.2, -0.15) is 0 Å². The number of aromatic nitrogens is 1. The van der Waals surface area contributed by atoms with Crippen LogP contribution in [0.25, 0.3) is 10.9 Å². The van der Waals surface area contributed by atoms with E-state index in [4.69, 9.17) is 22.3 Å². The second-order valence-electron chi connectivity index (χ2n) is 13.5. The van der Waals surface area contributed by atoms with Gasteiger partial charge in [-0.05, 0) is 63.1 Å². The SMILES string of the molecule is CC(C)C[C@H](NC(=O)[C@@H](N)CCC(=O)O)C(=O)N[C@@H](CC(N)=O)C(=O)N[C@@H](CCCCN)C(=O)N[C@@H](Cc1c[nH]c2ccccc12)C(=O)N[C@@H](C)C(=O)O. The third-order valence-corrected chi connectivity index (χ3v) is 8.43. The third-order valence-electron chi connectivity index (χ3n) is 8.43. The van der Waals surface area contributed by atoms with E-state index in [1.54, 1.807) is 26.1 Å². The number of nitrogens with two attached hydrogens (primary N) is 3. The van der Waals surface area contributed by atoms with Gasteiger partial charge in [0.1, 0.15) is 30.2 Å². The van der Waals surface area contributed by atoms with E-state index in [0.29, 0.717) is 18.4 Å². The number of benzene rings is 1. The van der Waals surface area contributed by atoms with E-state index in [2.05, 4.69) is 31.6 Å². The molecule has 0 unspecified atom stereocenters. The Kier molecular flexibility index (Phi) is 18.0. The summed E-state index contributed by atoms with van der Waals surface area (Å²) in [5.74, 6) is -7.82. The van der Waals surface area contributed by atoms with Gasteiger partial charge < -0.3 is 59.0 Å². The summed E-state index contributed by atoms with van der Waals surface area (Å²) in [7, 11) is 0. The van der Waals surface area contributed by atoms with Crippen LogP contribution in [0.3, 0.4) is 0 Å². The molecule has 0 aliphatic carbocycles. The van der Waals surface area contributed by atoms with Crippen molar-refractivity contribution in [2.24, 2.45) is 23.1 Å². The molecular formula is C35H53N9O10. The molecule has 2 rings (SSSR count). The minimum Gasteiger partial charge on any atom is -0.481 e. The lowest BCUT2D eigenvalue weighted by molar-refractivity contribution is -0.142. The summed E-state index contributed by atoms with van der Waals surface area (Å²) < 4.78 is 0. The van der Waals surface area contributed by atoms with Crippen LogP contribution in [0.5, 0.6) is 0 Å². The fourth-order valence-electron chi connectivity index (χ4n) is 5.49. The van der Waals surface area contributed by atoms with Crippen LogP contribution in [-0.2, 0) is 44.8 Å². The van der Waals surface area contributed by atoms with E-state index in [9.17, 15) is 43.5 Å². The molecular weight excluding hydrogens is 706 g/mol. The molecule has 0 radical (unpaired) electrons. The van der Waals surface area contributed by atoms with E-state index in [-0.39, 0.29) is 44.6 Å². The van der Waals surface area contributed by atoms with Crippen molar-refractivity contribution in [2.75, 3.05) is 6.54 Å². The summed E-state index contributed by atoms with van der Waals surface area (Å²) in [6.07, 6.45) is 1.26. The normalized spacial score (nSPS) is 14.5. The van der Waals surface area contributed by atoms with E-state index < -0.39 is 90.1 Å². The van der Waals surface area contributed by atoms with Crippen LogP contribution in [0.4, 0.5) is 0 Å². The lowest BCUT2D eigenvalue weighted by atomic mass is 10.0. The van der Waals surface area contributed by atoms with Gasteiger partial charge in [0.05, 0.1) is 12.5 Å². The van der Waals surface area contributed by atoms with Gasteiger partial charge in [-0.25, -0.2) is 0 Å². The zero-order valence-electron chi connectivity index (χ0n) is 30.7. The van der Waals surface area contributed by atoms with E-state index in [1.807, 2.05) is 18.2 Å². The maximum atomic E-state index is 13.8. The number of H-pyrrole nitrogens is 1. The van der Waals surface area contributed by atoms with Crippen LogP contribution in [0, 0.1) is 5.92 Å². The number of primary amides is 1. The number of hydrogen-bond donors (Lipinski definition) is 11. The quantitative estimate of drug-likeness (QED) is 0.0544. The molecule has 1 aromatic heterocycles. The maximum absolute atomic E-state index is 13.8. The van der Waals surface area contributed by atoms with Crippen LogP contribution in [0.15, 0.2) is 30.5 Å². The molecule has 6 atom stereocenters. The van der Waals surface area contributed by atoms with Crippen molar-refractivity contribution in [1.29, 1.82) is 0 Å². The van der Waals surface area contributed by atoms with Crippen LogP contribution < -0.4 is 43.8 Å². The first-order valence-corrected chi connectivity index (χ1v) is 17.7. The zero-order valence-corrected chi connectivity index (χ0v) is 30.7. The minimum atomic E-state index is -1.60. The summed E-state index contributed by atoms with van der Waals surface area (Å²) in [4.78, 5) is 105. The van der Waals surface area contributed by atoms with Crippen molar-refractivity contribution >= 4 is 58.3 Å². The topological polar surface area (TPSA) is 331 Å². The first-order chi connectivity index (χ1) is 25.4. The van der Waals surface area contributed by atoms with Crippen molar-refractivity contribution in [1.82, 2.24) is 31.6 Å². The Bertz CT molecular complexity index is 1650. The Labute approximate surface area is 312 Å². The summed E-state index contributed by atoms with van der Waals surface area (Å²) in [6.45, 7) is 5.07. The Morgan fingerprint density at radius 3 is 1.93 bits per heavy atom. The van der Waals surface area contributed by atoms with Crippen molar-refractivity contribution in [3.05, 3.63) is 36.0 Å². The lowest BCUT2D eigenvalue weighted by Gasteiger charge is -2.27. The van der Waals surface area contributed by atoms with Crippen LogP contribution >= 0.6 is 0 Å². The fraction of sp³-hybridized carbons (Fsp3) is 0.543. The fourth-order valence-corrected chi connectivity index (χ4v) is 5.49. The average Bonchev–Trinajstić information content (AvgIpc) is 3.51. The molecule has 0 spiro atoms. The Morgan fingerprint density at radius 2 is 1.31 bits per heavy atom. The number of unbranched alkanes of at least 4 members (excludes halogenated alkanes) is 1. The molecule has 2 aromatic rings. The van der Waals surface area contributed by atoms with E-state index in [0.717, 1.165) is 10.9 Å². The van der Waals surface area contributed by atoms with Crippen molar-refractivity contribution in [3.63, 3.8) is 0 Å². The highest BCUT2D eigenvalue weighted by Gasteiger charge is 2.33. The summed E-state index contributed by atoms with van der Waals surface area (Å²) in [6, 6.07) is -0.747. The number of nitrogens with one attached hydrogen (secondary N) is 6. The van der Waals surface area contributed by atoms with E-state index >= 15 is 0 Å². The number of fused-ring (bicyclic) bond motifs is 1. The van der Waals surface area contributed by atoms with E-state index in [1.165, 1.54) is 6.92 Å². The predicted molar refractivity (Wildman–Crippen MR) is 196 cm³/mol. The standard InChI is InChI=1S/C35H53N9O10/c1-18(2)14-25(42-30(48)22(37)11-12-29(46)47)33(51)44-27(16-28(38)45)34(52)41-24(10-6-7-13-36)31(49)43-26(32(50)40-19(3)35(53)54)15-20-17-39-23-9-5-4-8-21(20)23/h4-5,8-9,17-19,22,24-27,39H,6-7,10-16,36-37H2,1-3H3,(H2,38,45)(H,40,50)(H,41,52)(H,42,48)(H,43,49)(H,44,51)(H,46,47)(H,53,54)/t19-,22-,24-,25-,26-,27-/m0/s1. The van der Waals surface area contributed by atoms with Crippen LogP contribution in [0.1, 0.15) is 71.3 Å². The second-order valence-corrected chi connectivity index (χ2v) is 13.5. The van der Waals surface area contributed by atoms with Crippen molar-refractivity contribution in [3.8, 4) is 0 Å². The summed E-state index contributed by atoms with van der Waals surface area (Å²) >= 11 is 0. The predicted octanol–water partition coefficient (Wildman–Crippen LogP) is -1.52. The van der Waals surface area contributed by atoms with Gasteiger partial charge in [0.15, 0.2) is 0 Å². The number of aromatic amines is 1. The van der Waals surface area contributed by atoms with Gasteiger partial charge in [-0.3, -0.25) is 38.4 Å². The monoisotopic (exact) mass is 759 g/mol. The molecule has 0 aliphatic rings. The molecule has 1 heterocycles. The van der Waals surface area contributed by atoms with Gasteiger partial charge in [0, 0.05) is 29.9 Å². The van der Waals surface area contributed by atoms with Gasteiger partial charge in [0.2, 0.25) is 35.4 Å². The number of carbonyl (C=O) groups is 8. The van der Waals surface area contributed by atoms with Crippen LogP contribution in [-0.4, -0.2) is 105 Å². The largest absolute Gasteiger partial charge is 0.481 e. The summed E-state index contributed by atoms with van der Waals surface area (Å²) in [5, 5.41) is 31.5. The molecule has 0 fully saturated rings. The highest BCUT2D eigenvalue weighted by Crippen LogP contribution is 2.19. The molecule has 14 N–H and O–H groups in total. The number of carbonyl (C=O) groups excluding carboxylic acids is 6. The number of carboxylic acids is 2.